The SMILES string of the molecule is CC(CCc1ccc(OCc2ccccc2F)cc1)N(C)C. The van der Waals surface area contributed by atoms with Crippen molar-refractivity contribution in [1.29, 1.82) is 0 Å². The van der Waals surface area contributed by atoms with Crippen molar-refractivity contribution in [3.05, 3.63) is 65.5 Å². The molecule has 0 spiro atoms. The predicted octanol–water partition coefficient (Wildman–Crippen LogP) is 4.29. The minimum absolute atomic E-state index is 0.225. The second-order valence-corrected chi connectivity index (χ2v) is 5.88. The van der Waals surface area contributed by atoms with E-state index in [1.807, 2.05) is 18.2 Å². The number of hydrogen-bond donors (Lipinski definition) is 0. The Morgan fingerprint density at radius 2 is 1.73 bits per heavy atom. The van der Waals surface area contributed by atoms with E-state index in [2.05, 4.69) is 38.1 Å². The van der Waals surface area contributed by atoms with Crippen molar-refractivity contribution in [3.63, 3.8) is 0 Å². The Labute approximate surface area is 132 Å². The zero-order chi connectivity index (χ0) is 15.9. The van der Waals surface area contributed by atoms with Gasteiger partial charge in [-0.2, -0.15) is 0 Å². The summed E-state index contributed by atoms with van der Waals surface area (Å²) in [5, 5.41) is 0. The average Bonchev–Trinajstić information content (AvgIpc) is 2.52. The lowest BCUT2D eigenvalue weighted by Gasteiger charge is -2.19. The maximum absolute atomic E-state index is 13.5. The number of hydrogen-bond acceptors (Lipinski definition) is 2. The van der Waals surface area contributed by atoms with Gasteiger partial charge in [0.15, 0.2) is 0 Å². The average molecular weight is 301 g/mol. The first-order chi connectivity index (χ1) is 10.6. The third-order valence-corrected chi connectivity index (χ3v) is 4.01. The van der Waals surface area contributed by atoms with Crippen molar-refractivity contribution in [2.45, 2.75) is 32.4 Å². The van der Waals surface area contributed by atoms with E-state index in [1.165, 1.54) is 11.6 Å². The van der Waals surface area contributed by atoms with E-state index in [0.717, 1.165) is 18.6 Å². The van der Waals surface area contributed by atoms with Crippen LogP contribution in [0.3, 0.4) is 0 Å². The van der Waals surface area contributed by atoms with Crippen LogP contribution in [0.2, 0.25) is 0 Å². The van der Waals surface area contributed by atoms with Gasteiger partial charge < -0.3 is 9.64 Å². The highest BCUT2D eigenvalue weighted by Gasteiger charge is 2.05. The molecule has 0 N–H and O–H groups in total. The van der Waals surface area contributed by atoms with Gasteiger partial charge >= 0.3 is 0 Å². The predicted molar refractivity (Wildman–Crippen MR) is 88.6 cm³/mol. The smallest absolute Gasteiger partial charge is 0.129 e. The highest BCUT2D eigenvalue weighted by atomic mass is 19.1. The summed E-state index contributed by atoms with van der Waals surface area (Å²) in [4.78, 5) is 2.23. The topological polar surface area (TPSA) is 12.5 Å². The molecule has 0 aliphatic carbocycles. The van der Waals surface area contributed by atoms with Crippen LogP contribution in [-0.4, -0.2) is 25.0 Å². The Balaban J connectivity index is 1.85. The van der Waals surface area contributed by atoms with Crippen LogP contribution in [-0.2, 0) is 13.0 Å². The minimum Gasteiger partial charge on any atom is -0.489 e. The molecular formula is C19H24FNO. The van der Waals surface area contributed by atoms with Crippen LogP contribution in [0.5, 0.6) is 5.75 Å². The quantitative estimate of drug-likeness (QED) is 0.756. The monoisotopic (exact) mass is 301 g/mol. The second kappa shape index (κ2) is 7.95. The van der Waals surface area contributed by atoms with Gasteiger partial charge in [0.25, 0.3) is 0 Å². The Hall–Kier alpha value is -1.87. The summed E-state index contributed by atoms with van der Waals surface area (Å²) in [7, 11) is 4.20. The molecule has 118 valence electrons. The molecule has 2 rings (SSSR count). The fourth-order valence-electron chi connectivity index (χ4n) is 2.16. The molecule has 22 heavy (non-hydrogen) atoms. The maximum atomic E-state index is 13.5. The van der Waals surface area contributed by atoms with Gasteiger partial charge in [0.05, 0.1) is 0 Å². The molecule has 0 radical (unpaired) electrons. The van der Waals surface area contributed by atoms with E-state index >= 15 is 0 Å². The summed E-state index contributed by atoms with van der Waals surface area (Å²) >= 11 is 0. The van der Waals surface area contributed by atoms with Crippen LogP contribution < -0.4 is 4.74 Å². The number of nitrogens with zero attached hydrogens (tertiary/aromatic N) is 1. The number of benzene rings is 2. The Morgan fingerprint density at radius 3 is 2.36 bits per heavy atom. The van der Waals surface area contributed by atoms with Gasteiger partial charge in [0.1, 0.15) is 18.2 Å². The molecule has 2 aromatic rings. The largest absolute Gasteiger partial charge is 0.489 e. The molecule has 0 amide bonds. The Morgan fingerprint density at radius 1 is 1.05 bits per heavy atom. The molecule has 0 heterocycles. The molecule has 0 aromatic heterocycles. The van der Waals surface area contributed by atoms with E-state index in [-0.39, 0.29) is 12.4 Å². The number of ether oxygens (including phenoxy) is 1. The molecule has 2 aromatic carbocycles. The van der Waals surface area contributed by atoms with Crippen molar-refractivity contribution < 1.29 is 9.13 Å². The molecule has 0 saturated carbocycles. The van der Waals surface area contributed by atoms with Crippen molar-refractivity contribution >= 4 is 0 Å². The lowest BCUT2D eigenvalue weighted by Crippen LogP contribution is -2.24. The molecule has 1 unspecified atom stereocenters. The molecule has 0 aliphatic rings. The summed E-state index contributed by atoms with van der Waals surface area (Å²) in [6, 6.07) is 15.3. The molecule has 0 aliphatic heterocycles. The fourth-order valence-corrected chi connectivity index (χ4v) is 2.16. The normalized spacial score (nSPS) is 12.4. The molecule has 0 fully saturated rings. The van der Waals surface area contributed by atoms with Gasteiger partial charge in [-0.05, 0) is 57.6 Å². The lowest BCUT2D eigenvalue weighted by atomic mass is 10.1. The van der Waals surface area contributed by atoms with Crippen LogP contribution in [0.15, 0.2) is 48.5 Å². The van der Waals surface area contributed by atoms with E-state index in [9.17, 15) is 4.39 Å². The van der Waals surface area contributed by atoms with E-state index in [1.54, 1.807) is 12.1 Å². The molecule has 0 saturated heterocycles. The lowest BCUT2D eigenvalue weighted by molar-refractivity contribution is 0.297. The summed E-state index contributed by atoms with van der Waals surface area (Å²) in [6.07, 6.45) is 2.18. The van der Waals surface area contributed by atoms with Crippen LogP contribution in [0.1, 0.15) is 24.5 Å². The molecule has 1 atom stereocenters. The Kier molecular flexibility index (Phi) is 5.96. The molecular weight excluding hydrogens is 277 g/mol. The van der Waals surface area contributed by atoms with Gasteiger partial charge in [-0.3, -0.25) is 0 Å². The van der Waals surface area contributed by atoms with Crippen molar-refractivity contribution in [2.24, 2.45) is 0 Å². The third-order valence-electron chi connectivity index (χ3n) is 4.01. The summed E-state index contributed by atoms with van der Waals surface area (Å²) < 4.78 is 19.2. The van der Waals surface area contributed by atoms with Crippen molar-refractivity contribution in [3.8, 4) is 5.75 Å². The first kappa shape index (κ1) is 16.5. The van der Waals surface area contributed by atoms with Crippen LogP contribution in [0.4, 0.5) is 4.39 Å². The maximum Gasteiger partial charge on any atom is 0.129 e. The van der Waals surface area contributed by atoms with Crippen LogP contribution in [0.25, 0.3) is 0 Å². The zero-order valence-electron chi connectivity index (χ0n) is 13.6. The van der Waals surface area contributed by atoms with Gasteiger partial charge in [0.2, 0.25) is 0 Å². The van der Waals surface area contributed by atoms with Gasteiger partial charge in [-0.15, -0.1) is 0 Å². The van der Waals surface area contributed by atoms with Crippen LogP contribution in [0, 0.1) is 5.82 Å². The first-order valence-electron chi connectivity index (χ1n) is 7.68. The van der Waals surface area contributed by atoms with Crippen molar-refractivity contribution in [2.75, 3.05) is 14.1 Å². The van der Waals surface area contributed by atoms with Gasteiger partial charge in [0, 0.05) is 11.6 Å². The third kappa shape index (κ3) is 4.85. The van der Waals surface area contributed by atoms with Gasteiger partial charge in [-0.25, -0.2) is 4.39 Å². The highest BCUT2D eigenvalue weighted by Crippen LogP contribution is 2.17. The van der Waals surface area contributed by atoms with E-state index in [0.29, 0.717) is 11.6 Å². The fraction of sp³-hybridized carbons (Fsp3) is 0.368. The number of aryl methyl sites for hydroxylation is 1. The van der Waals surface area contributed by atoms with E-state index < -0.39 is 0 Å². The standard InChI is InChI=1S/C19H24FNO/c1-15(21(2)3)8-9-16-10-12-18(13-11-16)22-14-17-6-4-5-7-19(17)20/h4-7,10-13,15H,8-9,14H2,1-3H3. The van der Waals surface area contributed by atoms with Gasteiger partial charge in [-0.1, -0.05) is 30.3 Å². The minimum atomic E-state index is -0.225. The highest BCUT2D eigenvalue weighted by molar-refractivity contribution is 5.28. The molecule has 0 bridgehead atoms. The number of rotatable bonds is 7. The summed E-state index contributed by atoms with van der Waals surface area (Å²) in [5.74, 6) is 0.546. The van der Waals surface area contributed by atoms with Crippen LogP contribution >= 0.6 is 0 Å². The molecule has 2 nitrogen and oxygen atoms in total. The van der Waals surface area contributed by atoms with Crippen molar-refractivity contribution in [1.82, 2.24) is 4.90 Å². The van der Waals surface area contributed by atoms with E-state index in [4.69, 9.17) is 4.74 Å². The number of halogens is 1. The Bertz CT molecular complexity index is 580. The first-order valence-corrected chi connectivity index (χ1v) is 7.68. The molecule has 3 heteroatoms. The zero-order valence-corrected chi connectivity index (χ0v) is 13.6. The summed E-state index contributed by atoms with van der Waals surface area (Å²) in [6.45, 7) is 2.48. The second-order valence-electron chi connectivity index (χ2n) is 5.88. The summed E-state index contributed by atoms with van der Waals surface area (Å²) in [5.41, 5.74) is 1.87.